The number of hydrogen-bond donors (Lipinski definition) is 1. The number of halogens is 2. The molecule has 0 spiro atoms. The maximum absolute atomic E-state index is 11.6. The average molecular weight is 306 g/mol. The number of nitrogens with one attached hydrogen (secondary N) is 1. The summed E-state index contributed by atoms with van der Waals surface area (Å²) >= 11 is 11.8. The number of amides is 1. The van der Waals surface area contributed by atoms with Crippen LogP contribution in [0.25, 0.3) is 0 Å². The molecule has 19 heavy (non-hydrogen) atoms. The summed E-state index contributed by atoms with van der Waals surface area (Å²) in [5, 5.41) is 3.67. The number of hydrogen-bond acceptors (Lipinski definition) is 4. The van der Waals surface area contributed by atoms with Gasteiger partial charge < -0.3 is 10.1 Å². The number of aromatic nitrogens is 1. The molecule has 7 heteroatoms. The van der Waals surface area contributed by atoms with Crippen LogP contribution in [0.5, 0.6) is 0 Å². The van der Waals surface area contributed by atoms with Gasteiger partial charge in [-0.25, -0.2) is 4.98 Å². The van der Waals surface area contributed by atoms with E-state index < -0.39 is 0 Å². The average Bonchev–Trinajstić information content (AvgIpc) is 2.34. The van der Waals surface area contributed by atoms with Crippen LogP contribution in [0.2, 0.25) is 10.2 Å². The normalized spacial score (nSPS) is 10.8. The number of pyridine rings is 1. The van der Waals surface area contributed by atoms with Crippen LogP contribution in [0, 0.1) is 0 Å². The first kappa shape index (κ1) is 16.2. The minimum Gasteiger partial charge on any atom is -0.383 e. The van der Waals surface area contributed by atoms with E-state index in [4.69, 9.17) is 27.9 Å². The van der Waals surface area contributed by atoms with Crippen molar-refractivity contribution in [2.24, 2.45) is 0 Å². The highest BCUT2D eigenvalue weighted by Gasteiger charge is 2.10. The smallest absolute Gasteiger partial charge is 0.234 e. The number of carbonyl (C=O) groups excluding carboxylic acids is 1. The Morgan fingerprint density at radius 2 is 2.21 bits per heavy atom. The zero-order chi connectivity index (χ0) is 14.3. The second kappa shape index (κ2) is 8.32. The summed E-state index contributed by atoms with van der Waals surface area (Å²) in [5.41, 5.74) is 0.654. The van der Waals surface area contributed by atoms with Crippen molar-refractivity contribution in [3.8, 4) is 0 Å². The topological polar surface area (TPSA) is 54.5 Å². The largest absolute Gasteiger partial charge is 0.383 e. The van der Waals surface area contributed by atoms with Crippen molar-refractivity contribution in [2.75, 3.05) is 33.9 Å². The molecule has 0 fully saturated rings. The molecule has 5 nitrogen and oxygen atoms in total. The van der Waals surface area contributed by atoms with E-state index in [1.54, 1.807) is 19.2 Å². The molecule has 0 aliphatic carbocycles. The molecule has 0 atom stereocenters. The van der Waals surface area contributed by atoms with Gasteiger partial charge in [-0.3, -0.25) is 9.69 Å². The Balaban J connectivity index is 2.44. The number of nitrogens with zero attached hydrogens (tertiary/aromatic N) is 2. The second-order valence-corrected chi connectivity index (χ2v) is 4.87. The highest BCUT2D eigenvalue weighted by molar-refractivity contribution is 6.32. The van der Waals surface area contributed by atoms with Gasteiger partial charge in [0.1, 0.15) is 5.15 Å². The fourth-order valence-electron chi connectivity index (χ4n) is 1.47. The maximum Gasteiger partial charge on any atom is 0.234 e. The van der Waals surface area contributed by atoms with Gasteiger partial charge in [-0.15, -0.1) is 0 Å². The van der Waals surface area contributed by atoms with Crippen LogP contribution in [0.1, 0.15) is 5.69 Å². The third-order valence-corrected chi connectivity index (χ3v) is 2.90. The lowest BCUT2D eigenvalue weighted by molar-refractivity contribution is -0.122. The van der Waals surface area contributed by atoms with Crippen molar-refractivity contribution >= 4 is 29.1 Å². The standard InChI is InChI=1S/C12H17Cl2N3O2/c1-17(8-12(18)15-5-6-19-2)7-10-9(13)3-4-11(14)16-10/h3-4H,5-8H2,1-2H3,(H,15,18). The van der Waals surface area contributed by atoms with Gasteiger partial charge in [-0.05, 0) is 19.2 Å². The summed E-state index contributed by atoms with van der Waals surface area (Å²) in [6, 6.07) is 3.32. The first-order valence-electron chi connectivity index (χ1n) is 5.78. The highest BCUT2D eigenvalue weighted by Crippen LogP contribution is 2.17. The summed E-state index contributed by atoms with van der Waals surface area (Å²) in [5.74, 6) is -0.0716. The Bertz CT molecular complexity index is 429. The number of ether oxygens (including phenoxy) is 1. The van der Waals surface area contributed by atoms with Crippen molar-refractivity contribution in [1.29, 1.82) is 0 Å². The van der Waals surface area contributed by atoms with Crippen LogP contribution < -0.4 is 5.32 Å². The van der Waals surface area contributed by atoms with Crippen molar-refractivity contribution in [2.45, 2.75) is 6.54 Å². The number of likely N-dealkylation sites (N-methyl/N-ethyl adjacent to an activating group) is 1. The Kier molecular flexibility index (Phi) is 7.09. The quantitative estimate of drug-likeness (QED) is 0.614. The molecule has 0 unspecified atom stereocenters. The van der Waals surface area contributed by atoms with Crippen molar-refractivity contribution < 1.29 is 9.53 Å². The molecule has 1 amide bonds. The predicted octanol–water partition coefficient (Wildman–Crippen LogP) is 1.58. The third kappa shape index (κ3) is 6.20. The predicted molar refractivity (Wildman–Crippen MR) is 75.5 cm³/mol. The molecule has 0 aliphatic heterocycles. The molecule has 0 bridgehead atoms. The lowest BCUT2D eigenvalue weighted by atomic mass is 10.3. The summed E-state index contributed by atoms with van der Waals surface area (Å²) in [6.07, 6.45) is 0. The Morgan fingerprint density at radius 3 is 2.89 bits per heavy atom. The Morgan fingerprint density at radius 1 is 1.47 bits per heavy atom. The van der Waals surface area contributed by atoms with Crippen LogP contribution in [0.3, 0.4) is 0 Å². The van der Waals surface area contributed by atoms with E-state index in [0.29, 0.717) is 35.6 Å². The molecule has 1 aromatic rings. The van der Waals surface area contributed by atoms with Crippen molar-refractivity contribution in [1.82, 2.24) is 15.2 Å². The van der Waals surface area contributed by atoms with Gasteiger partial charge >= 0.3 is 0 Å². The summed E-state index contributed by atoms with van der Waals surface area (Å²) < 4.78 is 4.85. The molecule has 1 aromatic heterocycles. The zero-order valence-electron chi connectivity index (χ0n) is 10.9. The highest BCUT2D eigenvalue weighted by atomic mass is 35.5. The number of rotatable bonds is 7. The lowest BCUT2D eigenvalue weighted by Crippen LogP contribution is -2.36. The number of carbonyl (C=O) groups is 1. The molecule has 0 radical (unpaired) electrons. The monoisotopic (exact) mass is 305 g/mol. The van der Waals surface area contributed by atoms with Crippen LogP contribution >= 0.6 is 23.2 Å². The molecule has 1 heterocycles. The molecule has 1 rings (SSSR count). The molecular weight excluding hydrogens is 289 g/mol. The Labute approximate surface area is 122 Å². The van der Waals surface area contributed by atoms with E-state index in [1.807, 2.05) is 11.9 Å². The molecule has 106 valence electrons. The van der Waals surface area contributed by atoms with E-state index in [2.05, 4.69) is 10.3 Å². The van der Waals surface area contributed by atoms with Crippen molar-refractivity contribution in [3.63, 3.8) is 0 Å². The lowest BCUT2D eigenvalue weighted by Gasteiger charge is -2.16. The van der Waals surface area contributed by atoms with E-state index in [-0.39, 0.29) is 12.5 Å². The third-order valence-electron chi connectivity index (χ3n) is 2.35. The zero-order valence-corrected chi connectivity index (χ0v) is 12.5. The molecule has 1 N–H and O–H groups in total. The van der Waals surface area contributed by atoms with E-state index >= 15 is 0 Å². The van der Waals surface area contributed by atoms with Gasteiger partial charge in [-0.2, -0.15) is 0 Å². The molecule has 0 saturated carbocycles. The Hall–Kier alpha value is -0.880. The van der Waals surface area contributed by atoms with Gasteiger partial charge in [-0.1, -0.05) is 23.2 Å². The fraction of sp³-hybridized carbons (Fsp3) is 0.500. The van der Waals surface area contributed by atoms with Gasteiger partial charge in [0, 0.05) is 20.2 Å². The van der Waals surface area contributed by atoms with Crippen LogP contribution in [-0.2, 0) is 16.1 Å². The van der Waals surface area contributed by atoms with Crippen LogP contribution in [-0.4, -0.2) is 49.6 Å². The van der Waals surface area contributed by atoms with Gasteiger partial charge in [0.05, 0.1) is 23.9 Å². The first-order chi connectivity index (χ1) is 9.02. The fourth-order valence-corrected chi connectivity index (χ4v) is 1.80. The summed E-state index contributed by atoms with van der Waals surface area (Å²) in [7, 11) is 3.40. The number of methoxy groups -OCH3 is 1. The van der Waals surface area contributed by atoms with Crippen LogP contribution in [0.15, 0.2) is 12.1 Å². The molecule has 0 saturated heterocycles. The first-order valence-corrected chi connectivity index (χ1v) is 6.53. The summed E-state index contributed by atoms with van der Waals surface area (Å²) in [4.78, 5) is 17.5. The van der Waals surface area contributed by atoms with Gasteiger partial charge in [0.25, 0.3) is 0 Å². The summed E-state index contributed by atoms with van der Waals surface area (Å²) in [6.45, 7) is 1.71. The maximum atomic E-state index is 11.6. The van der Waals surface area contributed by atoms with E-state index in [9.17, 15) is 4.79 Å². The van der Waals surface area contributed by atoms with E-state index in [0.717, 1.165) is 0 Å². The molecule has 0 aromatic carbocycles. The SMILES string of the molecule is COCCNC(=O)CN(C)Cc1nc(Cl)ccc1Cl. The van der Waals surface area contributed by atoms with Crippen molar-refractivity contribution in [3.05, 3.63) is 28.0 Å². The molecule has 0 aliphatic rings. The van der Waals surface area contributed by atoms with Crippen LogP contribution in [0.4, 0.5) is 0 Å². The minimum atomic E-state index is -0.0716. The minimum absolute atomic E-state index is 0.0716. The van der Waals surface area contributed by atoms with E-state index in [1.165, 1.54) is 0 Å². The second-order valence-electron chi connectivity index (χ2n) is 4.08. The van der Waals surface area contributed by atoms with Gasteiger partial charge in [0.15, 0.2) is 0 Å². The van der Waals surface area contributed by atoms with Gasteiger partial charge in [0.2, 0.25) is 5.91 Å². The molecular formula is C12H17Cl2N3O2.